The van der Waals surface area contributed by atoms with Crippen molar-refractivity contribution in [1.29, 1.82) is 0 Å². The van der Waals surface area contributed by atoms with Crippen LogP contribution in [-0.2, 0) is 10.0 Å². The number of benzene rings is 2. The molecule has 156 valence electrons. The number of hydrogen-bond donors (Lipinski definition) is 2. The van der Waals surface area contributed by atoms with Gasteiger partial charge >= 0.3 is 0 Å². The molecular weight excluding hydrogens is 462 g/mol. The van der Waals surface area contributed by atoms with Crippen LogP contribution >= 0.6 is 15.9 Å². The van der Waals surface area contributed by atoms with Crippen molar-refractivity contribution in [3.05, 3.63) is 58.1 Å². The first-order valence-electron chi connectivity index (χ1n) is 8.62. The zero-order valence-corrected chi connectivity index (χ0v) is 18.8. The van der Waals surface area contributed by atoms with Gasteiger partial charge in [-0.1, -0.05) is 22.0 Å². The molecule has 8 nitrogen and oxygen atoms in total. The molecule has 0 atom stereocenters. The highest BCUT2D eigenvalue weighted by Gasteiger charge is 2.19. The fourth-order valence-electron chi connectivity index (χ4n) is 2.30. The van der Waals surface area contributed by atoms with E-state index in [4.69, 9.17) is 4.74 Å². The number of rotatable bonds is 6. The molecule has 0 aliphatic rings. The van der Waals surface area contributed by atoms with Gasteiger partial charge < -0.3 is 4.74 Å². The molecule has 0 saturated heterocycles. The molecule has 0 radical (unpaired) electrons. The molecule has 0 aliphatic carbocycles. The smallest absolute Gasteiger partial charge is 0.273 e. The molecule has 0 bridgehead atoms. The number of nitrogens with zero attached hydrogens (tertiary/aromatic N) is 1. The lowest BCUT2D eigenvalue weighted by Gasteiger charge is -2.15. The topological polar surface area (TPSA) is 105 Å². The number of halogens is 1. The Labute approximate surface area is 178 Å². The molecule has 0 spiro atoms. The van der Waals surface area contributed by atoms with Gasteiger partial charge in [0, 0.05) is 24.1 Å². The number of nitrogens with one attached hydrogen (secondary N) is 2. The van der Waals surface area contributed by atoms with Crippen LogP contribution in [0.2, 0.25) is 0 Å². The second kappa shape index (κ2) is 9.38. The van der Waals surface area contributed by atoms with Gasteiger partial charge in [-0.05, 0) is 50.2 Å². The highest BCUT2D eigenvalue weighted by molar-refractivity contribution is 9.10. The van der Waals surface area contributed by atoms with Crippen LogP contribution in [0.3, 0.4) is 0 Å². The van der Waals surface area contributed by atoms with E-state index >= 15 is 0 Å². The van der Waals surface area contributed by atoms with Crippen molar-refractivity contribution >= 4 is 37.8 Å². The summed E-state index contributed by atoms with van der Waals surface area (Å²) in [7, 11) is -0.883. The summed E-state index contributed by atoms with van der Waals surface area (Å²) in [5.74, 6) is -0.864. The normalized spacial score (nSPS) is 11.4. The van der Waals surface area contributed by atoms with E-state index in [1.165, 1.54) is 38.4 Å². The monoisotopic (exact) mass is 483 g/mol. The van der Waals surface area contributed by atoms with Gasteiger partial charge in [0.1, 0.15) is 5.75 Å². The van der Waals surface area contributed by atoms with E-state index < -0.39 is 21.8 Å². The van der Waals surface area contributed by atoms with E-state index in [0.29, 0.717) is 5.75 Å². The zero-order valence-electron chi connectivity index (χ0n) is 16.4. The summed E-state index contributed by atoms with van der Waals surface area (Å²) in [6.07, 6.45) is -0.146. The van der Waals surface area contributed by atoms with Gasteiger partial charge in [0.2, 0.25) is 10.0 Å². The van der Waals surface area contributed by atoms with Crippen LogP contribution in [0, 0.1) is 0 Å². The van der Waals surface area contributed by atoms with Gasteiger partial charge in [0.15, 0.2) is 0 Å². The van der Waals surface area contributed by atoms with E-state index in [1.54, 1.807) is 18.2 Å². The summed E-state index contributed by atoms with van der Waals surface area (Å²) in [5, 5.41) is 0. The molecule has 10 heteroatoms. The molecule has 0 saturated carbocycles. The Hall–Kier alpha value is -2.43. The van der Waals surface area contributed by atoms with E-state index in [1.807, 2.05) is 13.8 Å². The Morgan fingerprint density at radius 1 is 1.03 bits per heavy atom. The van der Waals surface area contributed by atoms with Gasteiger partial charge in [-0.2, -0.15) is 0 Å². The third-order valence-corrected chi connectivity index (χ3v) is 6.02. The molecule has 2 aromatic carbocycles. The lowest BCUT2D eigenvalue weighted by atomic mass is 10.2. The standard InChI is InChI=1S/C19H22BrN3O5S/c1-12(2)28-17-11-14(20)8-9-16(17)19(25)22-21-18(24)13-6-5-7-15(10-13)29(26,27)23(3)4/h5-12H,1-4H3,(H,21,24)(H,22,25). The fraction of sp³-hybridized carbons (Fsp3) is 0.263. The number of carbonyl (C=O) groups is 2. The SMILES string of the molecule is CC(C)Oc1cc(Br)ccc1C(=O)NNC(=O)c1cccc(S(=O)(=O)N(C)C)c1. The lowest BCUT2D eigenvalue weighted by molar-refractivity contribution is 0.0843. The van der Waals surface area contributed by atoms with Crippen molar-refractivity contribution in [1.82, 2.24) is 15.2 Å². The van der Waals surface area contributed by atoms with E-state index in [0.717, 1.165) is 8.78 Å². The predicted octanol–water partition coefficient (Wildman–Crippen LogP) is 2.56. The second-order valence-corrected chi connectivity index (χ2v) is 9.60. The Morgan fingerprint density at radius 2 is 1.69 bits per heavy atom. The quantitative estimate of drug-likeness (QED) is 0.614. The molecular formula is C19H22BrN3O5S. The Bertz CT molecular complexity index is 1020. The van der Waals surface area contributed by atoms with Crippen molar-refractivity contribution < 1.29 is 22.7 Å². The number of hydrazine groups is 1. The molecule has 0 aliphatic heterocycles. The molecule has 0 fully saturated rings. The van der Waals surface area contributed by atoms with Gasteiger partial charge in [-0.15, -0.1) is 0 Å². The minimum absolute atomic E-state index is 0.0259. The number of amides is 2. The fourth-order valence-corrected chi connectivity index (χ4v) is 3.58. The van der Waals surface area contributed by atoms with Crippen LogP contribution < -0.4 is 15.6 Å². The summed E-state index contributed by atoms with van der Waals surface area (Å²) in [6, 6.07) is 10.4. The van der Waals surface area contributed by atoms with Crippen LogP contribution in [0.4, 0.5) is 0 Å². The van der Waals surface area contributed by atoms with Crippen LogP contribution in [0.5, 0.6) is 5.75 Å². The highest BCUT2D eigenvalue weighted by atomic mass is 79.9. The minimum atomic E-state index is -3.68. The largest absolute Gasteiger partial charge is 0.490 e. The maximum absolute atomic E-state index is 12.5. The van der Waals surface area contributed by atoms with Gasteiger partial charge in [-0.3, -0.25) is 20.4 Å². The van der Waals surface area contributed by atoms with Crippen molar-refractivity contribution in [3.63, 3.8) is 0 Å². The van der Waals surface area contributed by atoms with Crippen molar-refractivity contribution in [2.75, 3.05) is 14.1 Å². The summed E-state index contributed by atoms with van der Waals surface area (Å²) in [4.78, 5) is 24.8. The predicted molar refractivity (Wildman–Crippen MR) is 112 cm³/mol. The Morgan fingerprint density at radius 3 is 2.31 bits per heavy atom. The van der Waals surface area contributed by atoms with Gasteiger partial charge in [0.05, 0.1) is 16.6 Å². The molecule has 2 rings (SSSR count). The summed E-state index contributed by atoms with van der Waals surface area (Å²) in [6.45, 7) is 3.66. The Kier molecular flexibility index (Phi) is 7.39. The molecule has 0 heterocycles. The van der Waals surface area contributed by atoms with Crippen LogP contribution in [-0.4, -0.2) is 44.7 Å². The average Bonchev–Trinajstić information content (AvgIpc) is 2.65. The number of hydrogen-bond acceptors (Lipinski definition) is 5. The first-order valence-corrected chi connectivity index (χ1v) is 10.8. The molecule has 2 aromatic rings. The lowest BCUT2D eigenvalue weighted by Crippen LogP contribution is -2.41. The van der Waals surface area contributed by atoms with Crippen LogP contribution in [0.1, 0.15) is 34.6 Å². The maximum Gasteiger partial charge on any atom is 0.273 e. The zero-order chi connectivity index (χ0) is 21.8. The van der Waals surface area contributed by atoms with Gasteiger partial charge in [-0.25, -0.2) is 12.7 Å². The third kappa shape index (κ3) is 5.78. The number of carbonyl (C=O) groups excluding carboxylic acids is 2. The van der Waals surface area contributed by atoms with Crippen LogP contribution in [0.15, 0.2) is 51.8 Å². The molecule has 0 aromatic heterocycles. The van der Waals surface area contributed by atoms with Crippen molar-refractivity contribution in [2.24, 2.45) is 0 Å². The molecule has 29 heavy (non-hydrogen) atoms. The summed E-state index contributed by atoms with van der Waals surface area (Å²) < 4.78 is 31.9. The highest BCUT2D eigenvalue weighted by Crippen LogP contribution is 2.24. The number of ether oxygens (including phenoxy) is 1. The summed E-state index contributed by atoms with van der Waals surface area (Å²) >= 11 is 3.33. The maximum atomic E-state index is 12.5. The first kappa shape index (κ1) is 22.9. The van der Waals surface area contributed by atoms with E-state index in [-0.39, 0.29) is 22.1 Å². The molecule has 0 unspecified atom stereocenters. The minimum Gasteiger partial charge on any atom is -0.490 e. The molecule has 2 amide bonds. The van der Waals surface area contributed by atoms with Crippen LogP contribution in [0.25, 0.3) is 0 Å². The number of sulfonamides is 1. The third-order valence-electron chi connectivity index (χ3n) is 3.72. The second-order valence-electron chi connectivity index (χ2n) is 6.53. The van der Waals surface area contributed by atoms with E-state index in [2.05, 4.69) is 26.8 Å². The average molecular weight is 484 g/mol. The van der Waals surface area contributed by atoms with Crippen molar-refractivity contribution in [2.45, 2.75) is 24.8 Å². The van der Waals surface area contributed by atoms with Gasteiger partial charge in [0.25, 0.3) is 11.8 Å². The Balaban J connectivity index is 2.15. The molecule has 2 N–H and O–H groups in total. The van der Waals surface area contributed by atoms with E-state index in [9.17, 15) is 18.0 Å². The van der Waals surface area contributed by atoms with Crippen molar-refractivity contribution in [3.8, 4) is 5.75 Å². The summed E-state index contributed by atoms with van der Waals surface area (Å²) in [5.41, 5.74) is 4.93. The first-order chi connectivity index (χ1) is 13.5.